The number of fused-ring (bicyclic) bond motifs is 2. The smallest absolute Gasteiger partial charge is 0.243 e. The Morgan fingerprint density at radius 2 is 0.982 bits per heavy atom. The molecule has 300 valence electrons. The Kier molecular flexibility index (Phi) is 13.6. The van der Waals surface area contributed by atoms with Gasteiger partial charge < -0.3 is 41.9 Å². The summed E-state index contributed by atoms with van der Waals surface area (Å²) in [6.45, 7) is 12.6. The van der Waals surface area contributed by atoms with Crippen molar-refractivity contribution in [2.45, 2.75) is 110 Å². The average molecular weight is 769 g/mol. The van der Waals surface area contributed by atoms with E-state index in [0.29, 0.717) is 6.42 Å². The van der Waals surface area contributed by atoms with Crippen LogP contribution in [0.5, 0.6) is 0 Å². The first-order valence-corrected chi connectivity index (χ1v) is 19.6. The third-order valence-corrected chi connectivity index (χ3v) is 10.6. The molecular weight excluding hydrogens is 713 g/mol. The molecule has 3 heterocycles. The molecule has 2 aromatic heterocycles. The molecule has 14 nitrogen and oxygen atoms in total. The number of amides is 6. The molecular formula is C42H56N8O6. The summed E-state index contributed by atoms with van der Waals surface area (Å²) in [5.74, 6) is -4.36. The zero-order chi connectivity index (χ0) is 40.7. The molecule has 7 atom stereocenters. The maximum Gasteiger partial charge on any atom is 0.243 e. The minimum absolute atomic E-state index is 0.0252. The Balaban J connectivity index is 1.55. The topological polar surface area (TPSA) is 206 Å². The van der Waals surface area contributed by atoms with Gasteiger partial charge in [-0.25, -0.2) is 0 Å². The van der Waals surface area contributed by atoms with E-state index in [1.54, 1.807) is 26.2 Å². The lowest BCUT2D eigenvalue weighted by Gasteiger charge is -2.31. The van der Waals surface area contributed by atoms with Crippen LogP contribution in [0.4, 0.5) is 0 Å². The van der Waals surface area contributed by atoms with Gasteiger partial charge >= 0.3 is 0 Å². The lowest BCUT2D eigenvalue weighted by atomic mass is 9.95. The van der Waals surface area contributed by atoms with Crippen LogP contribution in [0.2, 0.25) is 0 Å². The third kappa shape index (κ3) is 9.95. The Morgan fingerprint density at radius 3 is 1.50 bits per heavy atom. The number of H-pyrrole nitrogens is 2. The third-order valence-electron chi connectivity index (χ3n) is 10.6. The molecule has 1 aliphatic rings. The second-order valence-electron chi connectivity index (χ2n) is 15.8. The van der Waals surface area contributed by atoms with Crippen LogP contribution in [0, 0.1) is 17.8 Å². The lowest BCUT2D eigenvalue weighted by Crippen LogP contribution is -2.62. The van der Waals surface area contributed by atoms with Crippen LogP contribution in [0.15, 0.2) is 60.9 Å². The summed E-state index contributed by atoms with van der Waals surface area (Å²) in [6, 6.07) is 8.58. The van der Waals surface area contributed by atoms with Crippen molar-refractivity contribution in [3.63, 3.8) is 0 Å². The van der Waals surface area contributed by atoms with Gasteiger partial charge in [0.2, 0.25) is 35.4 Å². The molecule has 0 bridgehead atoms. The fourth-order valence-electron chi connectivity index (χ4n) is 7.11. The molecule has 2 aromatic carbocycles. The van der Waals surface area contributed by atoms with Gasteiger partial charge in [0.15, 0.2) is 0 Å². The highest BCUT2D eigenvalue weighted by Gasteiger charge is 2.36. The fourth-order valence-corrected chi connectivity index (χ4v) is 7.11. The maximum absolute atomic E-state index is 14.4. The van der Waals surface area contributed by atoms with Crippen LogP contribution >= 0.6 is 0 Å². The minimum Gasteiger partial charge on any atom is -0.361 e. The fraction of sp³-hybridized carbons (Fsp3) is 0.476. The van der Waals surface area contributed by atoms with Crippen molar-refractivity contribution in [3.05, 3.63) is 72.1 Å². The number of para-hydroxylation sites is 2. The number of aromatic nitrogens is 2. The number of hydrogen-bond donors (Lipinski definition) is 8. The standard InChI is InChI=1S/C42H56N8O6/c1-8-24(6)36-42(56)48-33(18-26-20-43-30-15-11-9-13-28(26)30)38(52)47-32(17-22(2)3)39(53)49-35(23(4)5)41(55)45-25(7)37(51)46-34(40(54)50-36)19-27-21-44-31-16-12-10-14-29(27)31/h9-16,20-25,32-36,43-44H,8,17-19H2,1-7H3,(H,45,55)(H,46,51)(H,47,52)(H,48,56)(H,49,53)(H,50,54). The molecule has 1 fully saturated rings. The number of hydrogen-bond acceptors (Lipinski definition) is 6. The molecule has 0 saturated carbocycles. The van der Waals surface area contributed by atoms with E-state index in [1.165, 1.54) is 6.92 Å². The van der Waals surface area contributed by atoms with E-state index in [0.717, 1.165) is 32.9 Å². The molecule has 7 unspecified atom stereocenters. The van der Waals surface area contributed by atoms with E-state index in [9.17, 15) is 28.8 Å². The van der Waals surface area contributed by atoms with Crippen LogP contribution < -0.4 is 31.9 Å². The maximum atomic E-state index is 14.4. The SMILES string of the molecule is CCC(C)C1NC(=O)C(Cc2c[nH]c3ccccc23)NC(=O)C(C)NC(=O)C(C(C)C)NC(=O)C(CC(C)C)NC(=O)C(Cc2c[nH]c3ccccc23)NC1=O. The van der Waals surface area contributed by atoms with Gasteiger partial charge in [0.05, 0.1) is 0 Å². The predicted octanol–water partition coefficient (Wildman–Crippen LogP) is 3.12. The molecule has 0 spiro atoms. The van der Waals surface area contributed by atoms with Crippen molar-refractivity contribution in [3.8, 4) is 0 Å². The van der Waals surface area contributed by atoms with E-state index in [4.69, 9.17) is 0 Å². The van der Waals surface area contributed by atoms with Crippen LogP contribution in [0.3, 0.4) is 0 Å². The van der Waals surface area contributed by atoms with Crippen molar-refractivity contribution in [1.82, 2.24) is 41.9 Å². The number of aromatic amines is 2. The largest absolute Gasteiger partial charge is 0.361 e. The predicted molar refractivity (Wildman–Crippen MR) is 215 cm³/mol. The molecule has 1 aliphatic heterocycles. The summed E-state index contributed by atoms with van der Waals surface area (Å²) in [6.07, 6.45) is 4.47. The van der Waals surface area contributed by atoms with Gasteiger partial charge in [-0.3, -0.25) is 28.8 Å². The van der Waals surface area contributed by atoms with Crippen LogP contribution in [-0.2, 0) is 41.6 Å². The normalized spacial score (nSPS) is 24.2. The van der Waals surface area contributed by atoms with Crippen molar-refractivity contribution >= 4 is 57.2 Å². The van der Waals surface area contributed by atoms with Crippen molar-refractivity contribution in [2.24, 2.45) is 17.8 Å². The summed E-state index contributed by atoms with van der Waals surface area (Å²) in [5, 5.41) is 18.8. The first kappa shape index (κ1) is 41.5. The van der Waals surface area contributed by atoms with Crippen LogP contribution in [0.1, 0.15) is 72.4 Å². The molecule has 8 N–H and O–H groups in total. The zero-order valence-corrected chi connectivity index (χ0v) is 33.2. The number of benzene rings is 2. The second-order valence-corrected chi connectivity index (χ2v) is 15.8. The monoisotopic (exact) mass is 768 g/mol. The van der Waals surface area contributed by atoms with Gasteiger partial charge in [0.25, 0.3) is 0 Å². The Hall–Kier alpha value is -5.66. The Labute approximate surface area is 327 Å². The molecule has 6 amide bonds. The highest BCUT2D eigenvalue weighted by Crippen LogP contribution is 2.22. The highest BCUT2D eigenvalue weighted by atomic mass is 16.2. The van der Waals surface area contributed by atoms with Gasteiger partial charge in [-0.05, 0) is 54.4 Å². The first-order valence-electron chi connectivity index (χ1n) is 19.6. The Morgan fingerprint density at radius 1 is 0.536 bits per heavy atom. The van der Waals surface area contributed by atoms with Crippen molar-refractivity contribution in [2.75, 3.05) is 0 Å². The Bertz CT molecular complexity index is 2050. The van der Waals surface area contributed by atoms with Crippen molar-refractivity contribution in [1.29, 1.82) is 0 Å². The van der Waals surface area contributed by atoms with E-state index < -0.39 is 71.7 Å². The highest BCUT2D eigenvalue weighted by molar-refractivity contribution is 5.99. The van der Waals surface area contributed by atoms with Gasteiger partial charge in [-0.1, -0.05) is 84.4 Å². The molecule has 56 heavy (non-hydrogen) atoms. The molecule has 5 rings (SSSR count). The number of carbonyl (C=O) groups excluding carboxylic acids is 6. The number of carbonyl (C=O) groups is 6. The summed E-state index contributed by atoms with van der Waals surface area (Å²) < 4.78 is 0. The summed E-state index contributed by atoms with van der Waals surface area (Å²) in [7, 11) is 0. The number of rotatable bonds is 9. The summed E-state index contributed by atoms with van der Waals surface area (Å²) in [4.78, 5) is 90.8. The van der Waals surface area contributed by atoms with E-state index in [-0.39, 0.29) is 37.0 Å². The van der Waals surface area contributed by atoms with E-state index >= 15 is 0 Å². The lowest BCUT2D eigenvalue weighted by molar-refractivity contribution is -0.137. The molecule has 0 aliphatic carbocycles. The first-order chi connectivity index (χ1) is 26.7. The quantitative estimate of drug-likeness (QED) is 0.128. The van der Waals surface area contributed by atoms with Crippen LogP contribution in [-0.4, -0.2) is 81.7 Å². The molecule has 14 heteroatoms. The molecule has 1 saturated heterocycles. The van der Waals surface area contributed by atoms with Gasteiger partial charge in [-0.2, -0.15) is 0 Å². The molecule has 4 aromatic rings. The van der Waals surface area contributed by atoms with Crippen molar-refractivity contribution < 1.29 is 28.8 Å². The molecule has 0 radical (unpaired) electrons. The summed E-state index contributed by atoms with van der Waals surface area (Å²) >= 11 is 0. The second kappa shape index (κ2) is 18.3. The minimum atomic E-state index is -1.15. The number of nitrogens with one attached hydrogen (secondary N) is 8. The zero-order valence-electron chi connectivity index (χ0n) is 33.2. The summed E-state index contributed by atoms with van der Waals surface area (Å²) in [5.41, 5.74) is 3.23. The van der Waals surface area contributed by atoms with Gasteiger partial charge in [0, 0.05) is 47.0 Å². The van der Waals surface area contributed by atoms with Crippen LogP contribution in [0.25, 0.3) is 21.8 Å². The van der Waals surface area contributed by atoms with Gasteiger partial charge in [0.1, 0.15) is 36.3 Å². The van der Waals surface area contributed by atoms with E-state index in [1.807, 2.05) is 76.2 Å². The van der Waals surface area contributed by atoms with Gasteiger partial charge in [-0.15, -0.1) is 0 Å². The average Bonchev–Trinajstić information content (AvgIpc) is 3.77. The van der Waals surface area contributed by atoms with E-state index in [2.05, 4.69) is 41.9 Å².